The first-order valence-electron chi connectivity index (χ1n) is 18.4. The molecule has 0 saturated heterocycles. The van der Waals surface area contributed by atoms with E-state index in [9.17, 15) is 28.1 Å². The Labute approximate surface area is 333 Å². The lowest BCUT2D eigenvalue weighted by atomic mass is 9.97. The van der Waals surface area contributed by atoms with E-state index < -0.39 is 38.2 Å². The van der Waals surface area contributed by atoms with Gasteiger partial charge in [-0.25, -0.2) is 13.2 Å². The largest absolute Gasteiger partial charge is 0.444 e. The molecule has 0 aliphatic rings. The zero-order valence-corrected chi connectivity index (χ0v) is 33.5. The van der Waals surface area contributed by atoms with Gasteiger partial charge in [-0.2, -0.15) is 4.31 Å². The fourth-order valence-corrected chi connectivity index (χ4v) is 6.77. The number of hydrogen-bond donors (Lipinski definition) is 1. The Balaban J connectivity index is 1.16. The van der Waals surface area contributed by atoms with Crippen LogP contribution in [0.1, 0.15) is 32.3 Å². The monoisotopic (exact) mass is 809 g/mol. The van der Waals surface area contributed by atoms with Crippen LogP contribution in [0.3, 0.4) is 0 Å². The molecule has 0 unspecified atom stereocenters. The van der Waals surface area contributed by atoms with Crippen LogP contribution in [-0.2, 0) is 38.5 Å². The Hall–Kier alpha value is -5.04. The third kappa shape index (κ3) is 14.4. The Bertz CT molecular complexity index is 2010. The van der Waals surface area contributed by atoms with E-state index in [1.54, 1.807) is 33.2 Å². The van der Waals surface area contributed by atoms with Crippen molar-refractivity contribution in [1.82, 2.24) is 14.2 Å². The number of para-hydroxylation sites is 1. The molecule has 16 nitrogen and oxygen atoms in total. The number of amides is 2. The van der Waals surface area contributed by atoms with Crippen LogP contribution in [-0.4, -0.2) is 125 Å². The first-order valence-corrected chi connectivity index (χ1v) is 19.9. The molecule has 57 heavy (non-hydrogen) atoms. The summed E-state index contributed by atoms with van der Waals surface area (Å²) in [6.07, 6.45) is 2.89. The zero-order valence-electron chi connectivity index (χ0n) is 32.7. The molecule has 4 rings (SSSR count). The fraction of sp³-hybridized carbons (Fsp3) is 0.425. The molecule has 0 fully saturated rings. The predicted octanol–water partition coefficient (Wildman–Crippen LogP) is 5.49. The van der Waals surface area contributed by atoms with Gasteiger partial charge in [-0.3, -0.25) is 19.9 Å². The molecule has 0 saturated carbocycles. The number of nitrogens with zero attached hydrogens (tertiary/aromatic N) is 4. The number of anilines is 1. The Morgan fingerprint density at radius 2 is 1.40 bits per heavy atom. The summed E-state index contributed by atoms with van der Waals surface area (Å²) in [6.45, 7) is 7.42. The lowest BCUT2D eigenvalue weighted by Crippen LogP contribution is -2.43. The van der Waals surface area contributed by atoms with Crippen molar-refractivity contribution < 1.29 is 46.6 Å². The molecule has 0 radical (unpaired) electrons. The second-order valence-corrected chi connectivity index (χ2v) is 15.8. The number of hydrogen-bond acceptors (Lipinski definition) is 12. The van der Waals surface area contributed by atoms with Crippen molar-refractivity contribution in [3.8, 4) is 0 Å². The van der Waals surface area contributed by atoms with Crippen molar-refractivity contribution in [2.45, 2.75) is 37.2 Å². The maximum Gasteiger partial charge on any atom is 0.410 e. The van der Waals surface area contributed by atoms with E-state index in [0.717, 1.165) is 26.7 Å². The van der Waals surface area contributed by atoms with Gasteiger partial charge < -0.3 is 33.9 Å². The normalized spacial score (nSPS) is 12.4. The number of nitrogens with one attached hydrogen (secondary N) is 1. The van der Waals surface area contributed by atoms with Crippen molar-refractivity contribution in [1.29, 1.82) is 0 Å². The third-order valence-corrected chi connectivity index (χ3v) is 10.3. The number of sulfonamides is 1. The SMILES string of the molecule is CN(CCOCCOCCOCCOCCN(C[C@@H](C(=O)Nc1ccc2cnccc2c1)c1ccccc1)C(=O)OC(C)(C)C)S(=O)(=O)c1ccccc1[N+](=O)[O-]. The Kier molecular flexibility index (Phi) is 17.3. The minimum atomic E-state index is -4.07. The minimum absolute atomic E-state index is 0.000429. The van der Waals surface area contributed by atoms with Crippen molar-refractivity contribution in [3.63, 3.8) is 0 Å². The van der Waals surface area contributed by atoms with E-state index in [1.807, 2.05) is 54.6 Å². The van der Waals surface area contributed by atoms with Gasteiger partial charge in [0, 0.05) is 56.2 Å². The molecule has 3 aromatic carbocycles. The number of nitro groups is 1. The summed E-state index contributed by atoms with van der Waals surface area (Å²) in [5.41, 5.74) is 0.132. The van der Waals surface area contributed by atoms with Crippen LogP contribution < -0.4 is 5.32 Å². The molecule has 1 atom stereocenters. The molecule has 17 heteroatoms. The van der Waals surface area contributed by atoms with E-state index in [4.69, 9.17) is 23.7 Å². The summed E-state index contributed by atoms with van der Waals surface area (Å²) in [4.78, 5) is 42.9. The predicted molar refractivity (Wildman–Crippen MR) is 214 cm³/mol. The summed E-state index contributed by atoms with van der Waals surface area (Å²) in [5.74, 6) is -0.980. The molecule has 0 bridgehead atoms. The van der Waals surface area contributed by atoms with Crippen LogP contribution >= 0.6 is 0 Å². The molecule has 1 N–H and O–H groups in total. The lowest BCUT2D eigenvalue weighted by Gasteiger charge is -2.30. The first kappa shape index (κ1) is 44.7. The van der Waals surface area contributed by atoms with Crippen LogP contribution in [0, 0.1) is 10.1 Å². The Morgan fingerprint density at radius 3 is 2.04 bits per heavy atom. The summed E-state index contributed by atoms with van der Waals surface area (Å²) in [7, 11) is -2.73. The van der Waals surface area contributed by atoms with E-state index >= 15 is 0 Å². The van der Waals surface area contributed by atoms with Gasteiger partial charge in [-0.15, -0.1) is 0 Å². The maximum atomic E-state index is 13.8. The number of nitro benzene ring substituents is 1. The highest BCUT2D eigenvalue weighted by Gasteiger charge is 2.30. The highest BCUT2D eigenvalue weighted by Crippen LogP contribution is 2.26. The number of likely N-dealkylation sites (N-methyl/N-ethyl adjacent to an activating group) is 1. The number of benzene rings is 3. The van der Waals surface area contributed by atoms with Crippen LogP contribution in [0.4, 0.5) is 16.2 Å². The Morgan fingerprint density at radius 1 is 0.807 bits per heavy atom. The highest BCUT2D eigenvalue weighted by molar-refractivity contribution is 7.89. The van der Waals surface area contributed by atoms with E-state index in [1.165, 1.54) is 30.1 Å². The van der Waals surface area contributed by atoms with Crippen LogP contribution in [0.15, 0.2) is 96.2 Å². The number of carbonyl (C=O) groups is 2. The minimum Gasteiger partial charge on any atom is -0.444 e. The standard InChI is InChI=1S/C40H51N5O11S/c1-40(2,3)56-39(47)44(30-35(31-10-6-5-7-11-31)38(46)42-34-15-14-33-29-41-17-16-32(33)28-34)19-21-53-23-25-55-27-26-54-24-22-52-20-18-43(4)57(50,51)37-13-9-8-12-36(37)45(48)49/h5-17,28-29,35H,18-27,30H2,1-4H3,(H,42,46)/t35-/m1/s1. The molecule has 308 valence electrons. The molecule has 0 spiro atoms. The summed E-state index contributed by atoms with van der Waals surface area (Å²) in [5, 5.41) is 16.1. The number of aromatic nitrogens is 1. The van der Waals surface area contributed by atoms with Crippen LogP contribution in [0.2, 0.25) is 0 Å². The van der Waals surface area contributed by atoms with Crippen molar-refractivity contribution in [2.24, 2.45) is 0 Å². The third-order valence-electron chi connectivity index (χ3n) is 8.40. The van der Waals surface area contributed by atoms with E-state index in [-0.39, 0.29) is 70.1 Å². The summed E-state index contributed by atoms with van der Waals surface area (Å²) >= 11 is 0. The van der Waals surface area contributed by atoms with Crippen LogP contribution in [0.5, 0.6) is 0 Å². The first-order chi connectivity index (χ1) is 27.3. The number of carbonyl (C=O) groups excluding carboxylic acids is 2. The van der Waals surface area contributed by atoms with Crippen molar-refractivity contribution in [3.05, 3.63) is 107 Å². The van der Waals surface area contributed by atoms with Gasteiger partial charge in [0.1, 0.15) is 5.60 Å². The van der Waals surface area contributed by atoms with Gasteiger partial charge in [-0.1, -0.05) is 48.5 Å². The average molecular weight is 810 g/mol. The van der Waals surface area contributed by atoms with Gasteiger partial charge >= 0.3 is 6.09 Å². The summed E-state index contributed by atoms with van der Waals surface area (Å²) < 4.78 is 54.6. The van der Waals surface area contributed by atoms with Crippen molar-refractivity contribution >= 4 is 44.2 Å². The van der Waals surface area contributed by atoms with Crippen LogP contribution in [0.25, 0.3) is 10.8 Å². The quantitative estimate of drug-likeness (QED) is 0.0565. The lowest BCUT2D eigenvalue weighted by molar-refractivity contribution is -0.387. The molecule has 1 aromatic heterocycles. The molecule has 0 aliphatic heterocycles. The van der Waals surface area contributed by atoms with E-state index in [0.29, 0.717) is 18.9 Å². The number of ether oxygens (including phenoxy) is 5. The molecular formula is C40H51N5O11S. The zero-order chi connectivity index (χ0) is 41.3. The molecule has 2 amide bonds. The fourth-order valence-electron chi connectivity index (χ4n) is 5.46. The van der Waals surface area contributed by atoms with Crippen molar-refractivity contribution in [2.75, 3.05) is 84.9 Å². The smallest absolute Gasteiger partial charge is 0.410 e. The van der Waals surface area contributed by atoms with E-state index in [2.05, 4.69) is 10.3 Å². The summed E-state index contributed by atoms with van der Waals surface area (Å²) in [6, 6.07) is 21.9. The number of rotatable bonds is 23. The topological polar surface area (TPSA) is 189 Å². The van der Waals surface area contributed by atoms with Gasteiger partial charge in [0.15, 0.2) is 4.90 Å². The highest BCUT2D eigenvalue weighted by atomic mass is 32.2. The average Bonchev–Trinajstić information content (AvgIpc) is 3.18. The van der Waals surface area contributed by atoms with Gasteiger partial charge in [0.25, 0.3) is 5.69 Å². The molecule has 1 heterocycles. The van der Waals surface area contributed by atoms with Gasteiger partial charge in [0.05, 0.1) is 63.7 Å². The van der Waals surface area contributed by atoms with Gasteiger partial charge in [0.2, 0.25) is 15.9 Å². The molecule has 0 aliphatic carbocycles. The second kappa shape index (κ2) is 22.0. The van der Waals surface area contributed by atoms with Gasteiger partial charge in [-0.05, 0) is 56.0 Å². The number of pyridine rings is 1. The molecule has 4 aromatic rings. The molecular weight excluding hydrogens is 759 g/mol. The maximum absolute atomic E-state index is 13.8. The number of fused-ring (bicyclic) bond motifs is 1. The second-order valence-electron chi connectivity index (χ2n) is 13.8.